The largest absolute Gasteiger partial charge is 0.481 e. The van der Waals surface area contributed by atoms with Crippen LogP contribution in [0.4, 0.5) is 4.79 Å². The van der Waals surface area contributed by atoms with Gasteiger partial charge in [0.1, 0.15) is 0 Å². The molecule has 0 heterocycles. The number of amides is 2. The van der Waals surface area contributed by atoms with Gasteiger partial charge in [0.05, 0.1) is 6.42 Å². The van der Waals surface area contributed by atoms with Gasteiger partial charge in [-0.05, 0) is 18.1 Å². The maximum atomic E-state index is 11.7. The number of carbonyl (C=O) groups excluding carboxylic acids is 1. The van der Waals surface area contributed by atoms with Crippen molar-refractivity contribution in [2.24, 2.45) is 5.41 Å². The third-order valence-electron chi connectivity index (χ3n) is 2.57. The van der Waals surface area contributed by atoms with E-state index in [1.807, 2.05) is 34.0 Å². The lowest BCUT2D eigenvalue weighted by Gasteiger charge is -2.26. The van der Waals surface area contributed by atoms with Crippen molar-refractivity contribution in [2.75, 3.05) is 12.8 Å². The van der Waals surface area contributed by atoms with Crippen LogP contribution in [0.25, 0.3) is 0 Å². The van der Waals surface area contributed by atoms with Crippen LogP contribution in [0.15, 0.2) is 0 Å². The molecule has 112 valence electrons. The molecule has 0 spiro atoms. The highest BCUT2D eigenvalue weighted by molar-refractivity contribution is 7.99. The van der Waals surface area contributed by atoms with Crippen molar-refractivity contribution in [1.82, 2.24) is 10.6 Å². The number of carbonyl (C=O) groups is 2. The van der Waals surface area contributed by atoms with Gasteiger partial charge in [-0.1, -0.05) is 27.7 Å². The summed E-state index contributed by atoms with van der Waals surface area (Å²) in [5, 5.41) is 14.7. The lowest BCUT2D eigenvalue weighted by molar-refractivity contribution is -0.137. The monoisotopic (exact) mass is 290 g/mol. The fourth-order valence-electron chi connectivity index (χ4n) is 1.68. The van der Waals surface area contributed by atoms with E-state index in [0.717, 1.165) is 0 Å². The molecule has 19 heavy (non-hydrogen) atoms. The molecule has 0 aromatic carbocycles. The van der Waals surface area contributed by atoms with Crippen LogP contribution < -0.4 is 10.6 Å². The zero-order valence-corrected chi connectivity index (χ0v) is 13.3. The van der Waals surface area contributed by atoms with Crippen LogP contribution in [-0.4, -0.2) is 41.2 Å². The fourth-order valence-corrected chi connectivity index (χ4v) is 1.93. The van der Waals surface area contributed by atoms with E-state index in [4.69, 9.17) is 5.11 Å². The first-order valence-electron chi connectivity index (χ1n) is 6.43. The molecule has 0 rings (SSSR count). The number of carboxylic acid groups (broad SMARTS) is 1. The molecule has 0 aromatic rings. The summed E-state index contributed by atoms with van der Waals surface area (Å²) in [7, 11) is 0. The first-order chi connectivity index (χ1) is 8.64. The van der Waals surface area contributed by atoms with Gasteiger partial charge >= 0.3 is 12.0 Å². The average Bonchev–Trinajstić information content (AvgIpc) is 2.22. The normalized spacial score (nSPS) is 14.6. The highest BCUT2D eigenvalue weighted by Gasteiger charge is 2.22. The second-order valence-corrected chi connectivity index (χ2v) is 7.24. The molecule has 0 aliphatic rings. The molecule has 2 amide bonds. The molecular formula is C13H26N2O3S. The Balaban J connectivity index is 4.30. The summed E-state index contributed by atoms with van der Waals surface area (Å²) in [4.78, 5) is 22.5. The summed E-state index contributed by atoms with van der Waals surface area (Å²) in [6.07, 6.45) is 2.56. The number of hydrogen-bond donors (Lipinski definition) is 3. The molecular weight excluding hydrogens is 264 g/mol. The van der Waals surface area contributed by atoms with E-state index in [0.29, 0.717) is 18.2 Å². The van der Waals surface area contributed by atoms with Crippen molar-refractivity contribution in [3.8, 4) is 0 Å². The van der Waals surface area contributed by atoms with Gasteiger partial charge in [0, 0.05) is 17.8 Å². The highest BCUT2D eigenvalue weighted by Crippen LogP contribution is 2.22. The third kappa shape index (κ3) is 10.7. The predicted molar refractivity (Wildman–Crippen MR) is 79.6 cm³/mol. The second-order valence-electron chi connectivity index (χ2n) is 5.96. The quantitative estimate of drug-likeness (QED) is 0.672. The van der Waals surface area contributed by atoms with Gasteiger partial charge in [-0.3, -0.25) is 4.79 Å². The number of hydrogen-bond acceptors (Lipinski definition) is 3. The first kappa shape index (κ1) is 18.1. The van der Waals surface area contributed by atoms with Gasteiger partial charge in [0.2, 0.25) is 0 Å². The van der Waals surface area contributed by atoms with Crippen LogP contribution in [0.5, 0.6) is 0 Å². The minimum Gasteiger partial charge on any atom is -0.481 e. The van der Waals surface area contributed by atoms with Crippen molar-refractivity contribution >= 4 is 23.8 Å². The van der Waals surface area contributed by atoms with Crippen LogP contribution in [0.2, 0.25) is 0 Å². The van der Waals surface area contributed by atoms with Crippen molar-refractivity contribution in [1.29, 1.82) is 0 Å². The maximum absolute atomic E-state index is 11.7. The van der Waals surface area contributed by atoms with Crippen molar-refractivity contribution < 1.29 is 14.7 Å². The van der Waals surface area contributed by atoms with E-state index in [1.165, 1.54) is 0 Å². The number of rotatable bonds is 7. The van der Waals surface area contributed by atoms with Crippen molar-refractivity contribution in [2.45, 2.75) is 51.8 Å². The summed E-state index contributed by atoms with van der Waals surface area (Å²) in [5.41, 5.74) is -0.0278. The van der Waals surface area contributed by atoms with Gasteiger partial charge in [0.25, 0.3) is 0 Å². The molecule has 0 saturated carbocycles. The van der Waals surface area contributed by atoms with E-state index < -0.39 is 5.97 Å². The molecule has 2 unspecified atom stereocenters. The molecule has 0 aliphatic carbocycles. The Morgan fingerprint density at radius 1 is 1.32 bits per heavy atom. The van der Waals surface area contributed by atoms with Crippen molar-refractivity contribution in [3.05, 3.63) is 0 Å². The summed E-state index contributed by atoms with van der Waals surface area (Å²) < 4.78 is 0. The Morgan fingerprint density at radius 2 is 1.89 bits per heavy atom. The standard InChI is InChI=1S/C13H26N2O3S/c1-9(19-5)8-14-12(18)15-10(6-11(16)17)7-13(2,3)4/h9-10H,6-8H2,1-5H3,(H,16,17)(H2,14,15,18). The fraction of sp³-hybridized carbons (Fsp3) is 0.846. The average molecular weight is 290 g/mol. The first-order valence-corrected chi connectivity index (χ1v) is 7.72. The summed E-state index contributed by atoms with van der Waals surface area (Å²) in [5.74, 6) is -0.896. The SMILES string of the molecule is CSC(C)CNC(=O)NC(CC(=O)O)CC(C)(C)C. The minimum absolute atomic E-state index is 0.0278. The zero-order valence-electron chi connectivity index (χ0n) is 12.4. The van der Waals surface area contributed by atoms with E-state index >= 15 is 0 Å². The van der Waals surface area contributed by atoms with Crippen molar-refractivity contribution in [3.63, 3.8) is 0 Å². The Morgan fingerprint density at radius 3 is 2.32 bits per heavy atom. The second kappa shape index (κ2) is 8.30. The Bertz CT molecular complexity index is 303. The van der Waals surface area contributed by atoms with E-state index in [9.17, 15) is 9.59 Å². The molecule has 0 radical (unpaired) electrons. The number of thioether (sulfide) groups is 1. The lowest BCUT2D eigenvalue weighted by Crippen LogP contribution is -2.45. The number of carboxylic acids is 1. The lowest BCUT2D eigenvalue weighted by atomic mass is 9.87. The molecule has 3 N–H and O–H groups in total. The third-order valence-corrected chi connectivity index (χ3v) is 3.54. The molecule has 0 fully saturated rings. The van der Waals surface area contributed by atoms with Gasteiger partial charge in [0.15, 0.2) is 0 Å². The smallest absolute Gasteiger partial charge is 0.315 e. The molecule has 5 nitrogen and oxygen atoms in total. The summed E-state index contributed by atoms with van der Waals surface area (Å²) in [6, 6.07) is -0.640. The summed E-state index contributed by atoms with van der Waals surface area (Å²) >= 11 is 1.67. The van der Waals surface area contributed by atoms with E-state index in [2.05, 4.69) is 10.6 Å². The number of nitrogens with one attached hydrogen (secondary N) is 2. The Labute approximate surface area is 119 Å². The van der Waals surface area contributed by atoms with Gasteiger partial charge in [-0.2, -0.15) is 11.8 Å². The Kier molecular flexibility index (Phi) is 7.90. The Hall–Kier alpha value is -0.910. The topological polar surface area (TPSA) is 78.4 Å². The van der Waals surface area contributed by atoms with Gasteiger partial charge in [-0.25, -0.2) is 4.79 Å². The molecule has 0 aromatic heterocycles. The number of aliphatic carboxylic acids is 1. The molecule has 0 bridgehead atoms. The summed E-state index contributed by atoms with van der Waals surface area (Å²) in [6.45, 7) is 8.67. The van der Waals surface area contributed by atoms with Gasteiger partial charge in [-0.15, -0.1) is 0 Å². The molecule has 6 heteroatoms. The van der Waals surface area contributed by atoms with E-state index in [1.54, 1.807) is 11.8 Å². The van der Waals surface area contributed by atoms with Crippen LogP contribution >= 0.6 is 11.8 Å². The van der Waals surface area contributed by atoms with E-state index in [-0.39, 0.29) is 23.9 Å². The van der Waals surface area contributed by atoms with Crippen LogP contribution in [0, 0.1) is 5.41 Å². The van der Waals surface area contributed by atoms with Crippen LogP contribution in [0.3, 0.4) is 0 Å². The zero-order chi connectivity index (χ0) is 15.1. The van der Waals surface area contributed by atoms with Crippen LogP contribution in [0.1, 0.15) is 40.5 Å². The molecule has 0 aliphatic heterocycles. The molecule has 0 saturated heterocycles. The predicted octanol–water partition coefficient (Wildman–Crippen LogP) is 2.32. The minimum atomic E-state index is -0.896. The molecule has 2 atom stereocenters. The number of urea groups is 1. The maximum Gasteiger partial charge on any atom is 0.315 e. The van der Waals surface area contributed by atoms with Gasteiger partial charge < -0.3 is 15.7 Å². The van der Waals surface area contributed by atoms with Crippen LogP contribution in [-0.2, 0) is 4.79 Å². The highest BCUT2D eigenvalue weighted by atomic mass is 32.2.